The Hall–Kier alpha value is 0.650. The average Bonchev–Trinajstić information content (AvgIpc) is 1.87. The highest BCUT2D eigenvalue weighted by molar-refractivity contribution is 14.1. The summed E-state index contributed by atoms with van der Waals surface area (Å²) in [4.78, 5) is 0. The van der Waals surface area contributed by atoms with Gasteiger partial charge in [0.15, 0.2) is 0 Å². The molecule has 1 spiro atoms. The van der Waals surface area contributed by atoms with Gasteiger partial charge in [0.05, 0.1) is 0 Å². The Morgan fingerprint density at radius 2 is 1.80 bits per heavy atom. The highest BCUT2D eigenvalue weighted by Gasteiger charge is 2.42. The van der Waals surface area contributed by atoms with E-state index in [1.54, 1.807) is 0 Å². The zero-order valence-corrected chi connectivity index (χ0v) is 8.13. The van der Waals surface area contributed by atoms with E-state index >= 15 is 0 Å². The van der Waals surface area contributed by atoms with E-state index in [1.807, 2.05) is 0 Å². The minimum Gasteiger partial charge on any atom is -0.381 e. The van der Waals surface area contributed by atoms with E-state index in [0.29, 0.717) is 5.41 Å². The van der Waals surface area contributed by atoms with Crippen LogP contribution in [-0.4, -0.2) is 29.4 Å². The normalized spacial score (nSPS) is 32.1. The molecule has 0 aliphatic carbocycles. The van der Waals surface area contributed by atoms with Gasteiger partial charge in [0.25, 0.3) is 0 Å². The molecule has 0 unspecified atom stereocenters. The van der Waals surface area contributed by atoms with Crippen molar-refractivity contribution in [1.82, 2.24) is 3.11 Å². The van der Waals surface area contributed by atoms with E-state index in [9.17, 15) is 0 Å². The Labute approximate surface area is 75.4 Å². The van der Waals surface area contributed by atoms with Gasteiger partial charge in [0, 0.05) is 54.6 Å². The fraction of sp³-hybridized carbons (Fsp3) is 1.00. The first-order valence-corrected chi connectivity index (χ1v) is 4.76. The van der Waals surface area contributed by atoms with Gasteiger partial charge in [0.1, 0.15) is 0 Å². The summed E-state index contributed by atoms with van der Waals surface area (Å²) in [6.45, 7) is 4.56. The van der Waals surface area contributed by atoms with Crippen molar-refractivity contribution < 1.29 is 4.74 Å². The van der Waals surface area contributed by atoms with Crippen molar-refractivity contribution in [1.29, 1.82) is 0 Å². The molecule has 2 saturated heterocycles. The first-order valence-electron chi connectivity index (χ1n) is 3.79. The first kappa shape index (κ1) is 7.31. The molecule has 0 amide bonds. The molecule has 0 radical (unpaired) electrons. The molecule has 0 N–H and O–H groups in total. The summed E-state index contributed by atoms with van der Waals surface area (Å²) in [5.41, 5.74) is 0.666. The van der Waals surface area contributed by atoms with Crippen LogP contribution in [0, 0.1) is 5.41 Å². The molecular formula is C7H12INO. The van der Waals surface area contributed by atoms with Gasteiger partial charge in [-0.2, -0.15) is 0 Å². The smallest absolute Gasteiger partial charge is 0.0472 e. The van der Waals surface area contributed by atoms with E-state index in [0.717, 1.165) is 13.2 Å². The molecule has 0 aromatic heterocycles. The Balaban J connectivity index is 1.90. The largest absolute Gasteiger partial charge is 0.381 e. The lowest BCUT2D eigenvalue weighted by atomic mass is 9.75. The third-order valence-electron chi connectivity index (χ3n) is 2.57. The average molecular weight is 253 g/mol. The third kappa shape index (κ3) is 1.19. The Bertz CT molecular complexity index is 118. The number of ether oxygens (including phenoxy) is 1. The van der Waals surface area contributed by atoms with Crippen molar-refractivity contribution in [2.24, 2.45) is 5.41 Å². The Kier molecular flexibility index (Phi) is 1.90. The van der Waals surface area contributed by atoms with E-state index in [2.05, 4.69) is 26.0 Å². The third-order valence-corrected chi connectivity index (χ3v) is 3.25. The molecule has 2 aliphatic heterocycles. The van der Waals surface area contributed by atoms with Gasteiger partial charge < -0.3 is 4.74 Å². The number of hydrogen-bond acceptors (Lipinski definition) is 2. The minimum atomic E-state index is 0.666. The Morgan fingerprint density at radius 3 is 2.30 bits per heavy atom. The first-order chi connectivity index (χ1) is 4.81. The lowest BCUT2D eigenvalue weighted by Gasteiger charge is -2.49. The fourth-order valence-corrected chi connectivity index (χ4v) is 3.25. The van der Waals surface area contributed by atoms with Crippen molar-refractivity contribution >= 4 is 22.9 Å². The van der Waals surface area contributed by atoms with Crippen LogP contribution in [0.25, 0.3) is 0 Å². The maximum absolute atomic E-state index is 5.31. The van der Waals surface area contributed by atoms with Gasteiger partial charge in [-0.25, -0.2) is 3.11 Å². The lowest BCUT2D eigenvalue weighted by molar-refractivity contribution is -0.0380. The molecule has 0 atom stereocenters. The standard InChI is InChI=1S/C7H12INO/c8-9-5-7(6-9)1-3-10-4-2-7/h1-6H2. The second-order valence-corrected chi connectivity index (χ2v) is 4.76. The summed E-state index contributed by atoms with van der Waals surface area (Å²) in [6, 6.07) is 0. The van der Waals surface area contributed by atoms with Crippen molar-refractivity contribution in [3.63, 3.8) is 0 Å². The molecule has 58 valence electrons. The van der Waals surface area contributed by atoms with E-state index in [1.165, 1.54) is 25.9 Å². The second kappa shape index (κ2) is 2.60. The molecule has 0 aromatic rings. The summed E-state index contributed by atoms with van der Waals surface area (Å²) < 4.78 is 7.68. The van der Waals surface area contributed by atoms with Crippen LogP contribution in [-0.2, 0) is 4.74 Å². The molecule has 2 heterocycles. The fourth-order valence-electron chi connectivity index (χ4n) is 1.80. The molecule has 3 heteroatoms. The van der Waals surface area contributed by atoms with Crippen molar-refractivity contribution in [3.8, 4) is 0 Å². The summed E-state index contributed by atoms with van der Waals surface area (Å²) in [6.07, 6.45) is 2.57. The van der Waals surface area contributed by atoms with Crippen LogP contribution in [0.3, 0.4) is 0 Å². The Morgan fingerprint density at radius 1 is 1.20 bits per heavy atom. The number of hydrogen-bond donors (Lipinski definition) is 0. The van der Waals surface area contributed by atoms with E-state index < -0.39 is 0 Å². The van der Waals surface area contributed by atoms with Crippen LogP contribution in [0.5, 0.6) is 0 Å². The zero-order chi connectivity index (χ0) is 7.03. The minimum absolute atomic E-state index is 0.666. The topological polar surface area (TPSA) is 12.5 Å². The van der Waals surface area contributed by atoms with Gasteiger partial charge in [-0.05, 0) is 12.8 Å². The van der Waals surface area contributed by atoms with Gasteiger partial charge in [-0.15, -0.1) is 0 Å². The predicted molar refractivity (Wildman–Crippen MR) is 48.1 cm³/mol. The van der Waals surface area contributed by atoms with Crippen molar-refractivity contribution in [2.75, 3.05) is 26.3 Å². The van der Waals surface area contributed by atoms with Crippen molar-refractivity contribution in [3.05, 3.63) is 0 Å². The SMILES string of the molecule is IN1CC2(CCOCC2)C1. The van der Waals surface area contributed by atoms with Crippen LogP contribution >= 0.6 is 22.9 Å². The van der Waals surface area contributed by atoms with Gasteiger partial charge in [0.2, 0.25) is 0 Å². The maximum Gasteiger partial charge on any atom is 0.0472 e. The quantitative estimate of drug-likeness (QED) is 0.478. The van der Waals surface area contributed by atoms with Crippen LogP contribution in [0.4, 0.5) is 0 Å². The summed E-state index contributed by atoms with van der Waals surface area (Å²) >= 11 is 2.40. The summed E-state index contributed by atoms with van der Waals surface area (Å²) in [5, 5.41) is 0. The zero-order valence-electron chi connectivity index (χ0n) is 5.98. The molecule has 2 nitrogen and oxygen atoms in total. The molecule has 2 aliphatic rings. The molecule has 0 saturated carbocycles. The summed E-state index contributed by atoms with van der Waals surface area (Å²) in [5.74, 6) is 0. The van der Waals surface area contributed by atoms with Crippen LogP contribution in [0.15, 0.2) is 0 Å². The lowest BCUT2D eigenvalue weighted by Crippen LogP contribution is -2.53. The molecular weight excluding hydrogens is 241 g/mol. The van der Waals surface area contributed by atoms with Crippen LogP contribution in [0.1, 0.15) is 12.8 Å². The molecule has 10 heavy (non-hydrogen) atoms. The van der Waals surface area contributed by atoms with Crippen molar-refractivity contribution in [2.45, 2.75) is 12.8 Å². The van der Waals surface area contributed by atoms with Gasteiger partial charge in [-0.3, -0.25) is 0 Å². The van der Waals surface area contributed by atoms with Crippen LogP contribution in [0.2, 0.25) is 0 Å². The number of halogens is 1. The molecule has 0 bridgehead atoms. The molecule has 2 rings (SSSR count). The monoisotopic (exact) mass is 253 g/mol. The van der Waals surface area contributed by atoms with E-state index in [-0.39, 0.29) is 0 Å². The number of rotatable bonds is 0. The molecule has 0 aromatic carbocycles. The highest BCUT2D eigenvalue weighted by Crippen LogP contribution is 2.41. The van der Waals surface area contributed by atoms with E-state index in [4.69, 9.17) is 4.74 Å². The second-order valence-electron chi connectivity index (χ2n) is 3.39. The maximum atomic E-state index is 5.31. The predicted octanol–water partition coefficient (Wildman–Crippen LogP) is 1.45. The molecule has 2 fully saturated rings. The van der Waals surface area contributed by atoms with Gasteiger partial charge in [-0.1, -0.05) is 0 Å². The summed E-state index contributed by atoms with van der Waals surface area (Å²) in [7, 11) is 0. The highest BCUT2D eigenvalue weighted by atomic mass is 127. The number of nitrogens with zero attached hydrogens (tertiary/aromatic N) is 1. The van der Waals surface area contributed by atoms with Gasteiger partial charge >= 0.3 is 0 Å². The van der Waals surface area contributed by atoms with Crippen LogP contribution < -0.4 is 0 Å².